The monoisotopic (exact) mass is 252 g/mol. The molecule has 0 bridgehead atoms. The van der Waals surface area contributed by atoms with Gasteiger partial charge in [-0.3, -0.25) is 14.9 Å². The molecule has 0 saturated heterocycles. The molecule has 1 amide bonds. The second kappa shape index (κ2) is 6.04. The number of anilines is 1. The van der Waals surface area contributed by atoms with Crippen LogP contribution in [0.3, 0.4) is 0 Å². The van der Waals surface area contributed by atoms with Gasteiger partial charge in [0.1, 0.15) is 0 Å². The molecule has 2 N–H and O–H groups in total. The molecule has 1 unspecified atom stereocenters. The summed E-state index contributed by atoms with van der Waals surface area (Å²) in [4.78, 5) is 26.1. The number of nitrogens with zero attached hydrogens (tertiary/aromatic N) is 3. The quantitative estimate of drug-likeness (QED) is 0.807. The van der Waals surface area contributed by atoms with Crippen molar-refractivity contribution in [2.45, 2.75) is 33.6 Å². The predicted octanol–water partition coefficient (Wildman–Crippen LogP) is 0.928. The molecule has 18 heavy (non-hydrogen) atoms. The minimum atomic E-state index is -0.917. The standard InChI is InChI=1S/C11H16N4O3/c1-6(5-10(17)18)4-9(16)13-11-12-7(2)8(3)14-15-11/h6H,4-5H2,1-3H3,(H,17,18)(H,12,13,15,16). The predicted molar refractivity (Wildman–Crippen MR) is 64.0 cm³/mol. The van der Waals surface area contributed by atoms with Crippen molar-refractivity contribution in [1.82, 2.24) is 15.2 Å². The number of rotatable bonds is 5. The van der Waals surface area contributed by atoms with Gasteiger partial charge in [0.15, 0.2) is 0 Å². The van der Waals surface area contributed by atoms with Crippen LogP contribution in [0.25, 0.3) is 0 Å². The maximum Gasteiger partial charge on any atom is 0.303 e. The van der Waals surface area contributed by atoms with Crippen molar-refractivity contribution in [2.75, 3.05) is 5.32 Å². The Kier molecular flexibility index (Phi) is 4.70. The van der Waals surface area contributed by atoms with Gasteiger partial charge in [0.25, 0.3) is 0 Å². The zero-order valence-corrected chi connectivity index (χ0v) is 10.6. The normalized spacial score (nSPS) is 11.9. The van der Waals surface area contributed by atoms with Gasteiger partial charge in [-0.15, -0.1) is 5.10 Å². The third kappa shape index (κ3) is 4.44. The number of amides is 1. The molecule has 1 heterocycles. The summed E-state index contributed by atoms with van der Waals surface area (Å²) in [7, 11) is 0. The first-order valence-electron chi connectivity index (χ1n) is 5.58. The van der Waals surface area contributed by atoms with Gasteiger partial charge in [0.2, 0.25) is 11.9 Å². The Balaban J connectivity index is 2.54. The van der Waals surface area contributed by atoms with Crippen molar-refractivity contribution in [3.05, 3.63) is 11.4 Å². The summed E-state index contributed by atoms with van der Waals surface area (Å²) in [5.74, 6) is -1.32. The van der Waals surface area contributed by atoms with E-state index in [1.54, 1.807) is 20.8 Å². The number of carboxylic acid groups (broad SMARTS) is 1. The minimum absolute atomic E-state index is 0.0422. The lowest BCUT2D eigenvalue weighted by Crippen LogP contribution is -2.19. The van der Waals surface area contributed by atoms with Crippen LogP contribution in [0.5, 0.6) is 0 Å². The molecule has 1 atom stereocenters. The van der Waals surface area contributed by atoms with Crippen molar-refractivity contribution < 1.29 is 14.7 Å². The third-order valence-electron chi connectivity index (χ3n) is 2.40. The van der Waals surface area contributed by atoms with E-state index in [1.807, 2.05) is 0 Å². The van der Waals surface area contributed by atoms with Gasteiger partial charge in [-0.25, -0.2) is 4.98 Å². The first-order chi connectivity index (χ1) is 8.38. The van der Waals surface area contributed by atoms with Gasteiger partial charge >= 0.3 is 5.97 Å². The summed E-state index contributed by atoms with van der Waals surface area (Å²) in [6.45, 7) is 5.25. The van der Waals surface area contributed by atoms with Gasteiger partial charge in [-0.2, -0.15) is 5.10 Å². The van der Waals surface area contributed by atoms with Crippen LogP contribution in [0.2, 0.25) is 0 Å². The molecule has 0 aromatic carbocycles. The number of hydrogen-bond acceptors (Lipinski definition) is 5. The maximum atomic E-state index is 11.6. The Morgan fingerprint density at radius 1 is 1.22 bits per heavy atom. The molecule has 7 nitrogen and oxygen atoms in total. The van der Waals surface area contributed by atoms with Crippen molar-refractivity contribution in [1.29, 1.82) is 0 Å². The average Bonchev–Trinajstić information content (AvgIpc) is 2.21. The lowest BCUT2D eigenvalue weighted by molar-refractivity contribution is -0.138. The first-order valence-corrected chi connectivity index (χ1v) is 5.58. The van der Waals surface area contributed by atoms with E-state index in [-0.39, 0.29) is 30.6 Å². The third-order valence-corrected chi connectivity index (χ3v) is 2.40. The second-order valence-corrected chi connectivity index (χ2v) is 4.26. The molecule has 0 radical (unpaired) electrons. The maximum absolute atomic E-state index is 11.6. The number of hydrogen-bond donors (Lipinski definition) is 2. The summed E-state index contributed by atoms with van der Waals surface area (Å²) < 4.78 is 0. The molecule has 0 spiro atoms. The van der Waals surface area contributed by atoms with E-state index in [0.717, 1.165) is 0 Å². The topological polar surface area (TPSA) is 105 Å². The van der Waals surface area contributed by atoms with Crippen molar-refractivity contribution in [3.63, 3.8) is 0 Å². The first kappa shape index (κ1) is 14.0. The number of carbonyl (C=O) groups excluding carboxylic acids is 1. The molecule has 7 heteroatoms. The number of aryl methyl sites for hydroxylation is 2. The van der Waals surface area contributed by atoms with E-state index < -0.39 is 5.97 Å². The molecule has 0 fully saturated rings. The summed E-state index contributed by atoms with van der Waals surface area (Å²) in [6.07, 6.45) is 0.0715. The highest BCUT2D eigenvalue weighted by Gasteiger charge is 2.14. The fourth-order valence-electron chi connectivity index (χ4n) is 1.37. The fourth-order valence-corrected chi connectivity index (χ4v) is 1.37. The van der Waals surface area contributed by atoms with Crippen LogP contribution in [0.4, 0.5) is 5.95 Å². The van der Waals surface area contributed by atoms with E-state index in [9.17, 15) is 9.59 Å². The Morgan fingerprint density at radius 2 is 1.89 bits per heavy atom. The van der Waals surface area contributed by atoms with Crippen LogP contribution >= 0.6 is 0 Å². The zero-order valence-electron chi connectivity index (χ0n) is 10.6. The van der Waals surface area contributed by atoms with E-state index in [4.69, 9.17) is 5.11 Å². The van der Waals surface area contributed by atoms with Crippen LogP contribution < -0.4 is 5.32 Å². The summed E-state index contributed by atoms with van der Waals surface area (Å²) in [5, 5.41) is 18.7. The van der Waals surface area contributed by atoms with Gasteiger partial charge in [0, 0.05) is 12.8 Å². The van der Waals surface area contributed by atoms with Crippen LogP contribution in [0.1, 0.15) is 31.2 Å². The fraction of sp³-hybridized carbons (Fsp3) is 0.545. The molecule has 1 aromatic rings. The van der Waals surface area contributed by atoms with Crippen LogP contribution in [0.15, 0.2) is 0 Å². The molecule has 0 saturated carbocycles. The molecule has 98 valence electrons. The molecular formula is C11H16N4O3. The summed E-state index contributed by atoms with van der Waals surface area (Å²) in [6, 6.07) is 0. The van der Waals surface area contributed by atoms with Crippen molar-refractivity contribution in [3.8, 4) is 0 Å². The molecule has 0 aliphatic rings. The van der Waals surface area contributed by atoms with Gasteiger partial charge in [0.05, 0.1) is 11.4 Å². The molecule has 0 aliphatic carbocycles. The average molecular weight is 252 g/mol. The highest BCUT2D eigenvalue weighted by atomic mass is 16.4. The van der Waals surface area contributed by atoms with E-state index >= 15 is 0 Å². The molecule has 1 rings (SSSR count). The Hall–Kier alpha value is -2.05. The summed E-state index contributed by atoms with van der Waals surface area (Å²) >= 11 is 0. The van der Waals surface area contributed by atoms with E-state index in [2.05, 4.69) is 20.5 Å². The summed E-state index contributed by atoms with van der Waals surface area (Å²) in [5.41, 5.74) is 1.39. The van der Waals surface area contributed by atoms with Crippen LogP contribution in [-0.2, 0) is 9.59 Å². The minimum Gasteiger partial charge on any atom is -0.481 e. The SMILES string of the molecule is Cc1nnc(NC(=O)CC(C)CC(=O)O)nc1C. The Bertz CT molecular complexity index is 462. The molecule has 1 aromatic heterocycles. The molecule has 0 aliphatic heterocycles. The highest BCUT2D eigenvalue weighted by molar-refractivity contribution is 5.89. The number of aromatic nitrogens is 3. The second-order valence-electron chi connectivity index (χ2n) is 4.26. The number of carboxylic acids is 1. The lowest BCUT2D eigenvalue weighted by Gasteiger charge is -2.08. The van der Waals surface area contributed by atoms with Gasteiger partial charge in [-0.1, -0.05) is 6.92 Å². The van der Waals surface area contributed by atoms with Crippen LogP contribution in [-0.4, -0.2) is 32.2 Å². The largest absolute Gasteiger partial charge is 0.481 e. The molecular weight excluding hydrogens is 236 g/mol. The number of aliphatic carboxylic acids is 1. The van der Waals surface area contributed by atoms with Gasteiger partial charge in [-0.05, 0) is 19.8 Å². The van der Waals surface area contributed by atoms with Crippen molar-refractivity contribution >= 4 is 17.8 Å². The smallest absolute Gasteiger partial charge is 0.303 e. The zero-order chi connectivity index (χ0) is 13.7. The number of carbonyl (C=O) groups is 2. The lowest BCUT2D eigenvalue weighted by atomic mass is 10.0. The van der Waals surface area contributed by atoms with E-state index in [1.165, 1.54) is 0 Å². The Morgan fingerprint density at radius 3 is 2.44 bits per heavy atom. The van der Waals surface area contributed by atoms with Crippen molar-refractivity contribution in [2.24, 2.45) is 5.92 Å². The van der Waals surface area contributed by atoms with Crippen LogP contribution in [0, 0.1) is 19.8 Å². The highest BCUT2D eigenvalue weighted by Crippen LogP contribution is 2.09. The van der Waals surface area contributed by atoms with Gasteiger partial charge < -0.3 is 5.11 Å². The van der Waals surface area contributed by atoms with E-state index in [0.29, 0.717) is 11.4 Å². The number of nitrogens with one attached hydrogen (secondary N) is 1. The Labute approximate surface area is 105 Å².